The number of piperidine rings is 1. The molecular weight excluding hydrogens is 460 g/mol. The van der Waals surface area contributed by atoms with Crippen LogP contribution in [0.25, 0.3) is 10.9 Å². The first-order valence-corrected chi connectivity index (χ1v) is 12.7. The van der Waals surface area contributed by atoms with Crippen LogP contribution in [-0.2, 0) is 13.0 Å². The van der Waals surface area contributed by atoms with E-state index in [0.29, 0.717) is 18.0 Å². The van der Waals surface area contributed by atoms with Crippen LogP contribution < -0.4 is 4.90 Å². The van der Waals surface area contributed by atoms with Crippen molar-refractivity contribution in [3.63, 3.8) is 0 Å². The summed E-state index contributed by atoms with van der Waals surface area (Å²) in [5.41, 5.74) is 3.71. The first kappa shape index (κ1) is 23.2. The molecule has 0 N–H and O–H groups in total. The second kappa shape index (κ2) is 10.3. The number of nitrogens with zero attached hydrogens (tertiary/aromatic N) is 4. The third-order valence-corrected chi connectivity index (χ3v) is 7.06. The number of likely N-dealkylation sites (tertiary alicyclic amines) is 1. The van der Waals surface area contributed by atoms with Crippen molar-refractivity contribution < 1.29 is 0 Å². The number of halogens is 1. The van der Waals surface area contributed by atoms with Crippen molar-refractivity contribution in [2.24, 2.45) is 5.92 Å². The normalized spacial score (nSPS) is 15.7. The van der Waals surface area contributed by atoms with Crippen molar-refractivity contribution >= 4 is 32.7 Å². The van der Waals surface area contributed by atoms with Crippen LogP contribution in [0.2, 0.25) is 0 Å². The summed E-state index contributed by atoms with van der Waals surface area (Å²) in [5.74, 6) is 1.70. The smallest absolute Gasteiger partial charge is 0.140 e. The second-order valence-electron chi connectivity index (χ2n) is 9.76. The van der Waals surface area contributed by atoms with E-state index in [9.17, 15) is 0 Å². The highest BCUT2D eigenvalue weighted by Crippen LogP contribution is 2.31. The highest BCUT2D eigenvalue weighted by atomic mass is 79.9. The summed E-state index contributed by atoms with van der Waals surface area (Å²) in [4.78, 5) is 14.6. The van der Waals surface area contributed by atoms with Gasteiger partial charge in [-0.15, -0.1) is 0 Å². The van der Waals surface area contributed by atoms with E-state index >= 15 is 0 Å². The molecule has 2 aromatic carbocycles. The van der Waals surface area contributed by atoms with Gasteiger partial charge in [0.05, 0.1) is 5.52 Å². The number of hydrogen-bond donors (Lipinski definition) is 0. The topological polar surface area (TPSA) is 32.3 Å². The lowest BCUT2D eigenvalue weighted by molar-refractivity contribution is 0.169. The Labute approximate surface area is 201 Å². The molecule has 0 radical (unpaired) electrons. The van der Waals surface area contributed by atoms with Crippen molar-refractivity contribution in [3.05, 3.63) is 64.4 Å². The summed E-state index contributed by atoms with van der Waals surface area (Å²) in [5, 5.41) is 1.16. The van der Waals surface area contributed by atoms with Crippen LogP contribution in [0.15, 0.2) is 53.3 Å². The van der Waals surface area contributed by atoms with Gasteiger partial charge in [-0.1, -0.05) is 48.0 Å². The molecule has 1 aliphatic heterocycles. The summed E-state index contributed by atoms with van der Waals surface area (Å²) >= 11 is 3.57. The fourth-order valence-electron chi connectivity index (χ4n) is 4.79. The van der Waals surface area contributed by atoms with Crippen LogP contribution in [0.5, 0.6) is 0 Å². The zero-order valence-electron chi connectivity index (χ0n) is 19.8. The molecule has 1 fully saturated rings. The molecule has 0 saturated carbocycles. The Balaban J connectivity index is 1.69. The fourth-order valence-corrected chi connectivity index (χ4v) is 5.06. The average molecular weight is 496 g/mol. The first-order chi connectivity index (χ1) is 15.4. The van der Waals surface area contributed by atoms with Crippen LogP contribution in [0.4, 0.5) is 5.82 Å². The zero-order valence-corrected chi connectivity index (χ0v) is 21.3. The van der Waals surface area contributed by atoms with E-state index in [1.807, 2.05) is 0 Å². The third-order valence-electron chi connectivity index (χ3n) is 6.53. The van der Waals surface area contributed by atoms with Gasteiger partial charge < -0.3 is 9.80 Å². The standard InChI is InChI=1S/C27H35BrN4/c1-19(2)15-22-7-10-25-26(16-22)29-18-30-27(25)32(17-21-5-8-23(28)9-6-21)24-11-13-31(14-12-24)20(3)4/h5-10,16,18-20,24H,11-15,17H2,1-4H3. The van der Waals surface area contributed by atoms with Gasteiger partial charge in [0, 0.05) is 41.6 Å². The Kier molecular flexibility index (Phi) is 7.47. The minimum Gasteiger partial charge on any atom is -0.349 e. The minimum atomic E-state index is 0.474. The summed E-state index contributed by atoms with van der Waals surface area (Å²) in [6.07, 6.45) is 5.14. The van der Waals surface area contributed by atoms with Gasteiger partial charge in [0.25, 0.3) is 0 Å². The van der Waals surface area contributed by atoms with Gasteiger partial charge in [-0.2, -0.15) is 0 Å². The molecule has 4 nitrogen and oxygen atoms in total. The van der Waals surface area contributed by atoms with Crippen molar-refractivity contribution in [1.82, 2.24) is 14.9 Å². The average Bonchev–Trinajstić information content (AvgIpc) is 2.78. The van der Waals surface area contributed by atoms with E-state index in [2.05, 4.69) is 101 Å². The number of fused-ring (bicyclic) bond motifs is 1. The maximum absolute atomic E-state index is 4.83. The van der Waals surface area contributed by atoms with Gasteiger partial charge in [0.1, 0.15) is 12.1 Å². The van der Waals surface area contributed by atoms with Gasteiger partial charge in [0.2, 0.25) is 0 Å². The van der Waals surface area contributed by atoms with Crippen LogP contribution in [0.1, 0.15) is 51.7 Å². The lowest BCUT2D eigenvalue weighted by atomic mass is 9.99. The Hall–Kier alpha value is -1.98. The number of anilines is 1. The monoisotopic (exact) mass is 494 g/mol. The molecule has 2 heterocycles. The quantitative estimate of drug-likeness (QED) is 0.376. The molecule has 0 amide bonds. The summed E-state index contributed by atoms with van der Waals surface area (Å²) in [7, 11) is 0. The summed E-state index contributed by atoms with van der Waals surface area (Å²) in [6.45, 7) is 12.3. The van der Waals surface area contributed by atoms with Crippen molar-refractivity contribution in [3.8, 4) is 0 Å². The molecule has 3 aromatic rings. The number of benzene rings is 2. The van der Waals surface area contributed by atoms with Gasteiger partial charge in [-0.25, -0.2) is 9.97 Å². The second-order valence-corrected chi connectivity index (χ2v) is 10.7. The summed E-state index contributed by atoms with van der Waals surface area (Å²) in [6, 6.07) is 16.5. The lowest BCUT2D eigenvalue weighted by Gasteiger charge is -2.41. The molecule has 0 aliphatic carbocycles. The van der Waals surface area contributed by atoms with E-state index < -0.39 is 0 Å². The Bertz CT molecular complexity index is 1020. The molecule has 5 heteroatoms. The Morgan fingerprint density at radius 1 is 0.969 bits per heavy atom. The molecule has 0 bridgehead atoms. The van der Waals surface area contributed by atoms with Crippen molar-refractivity contribution in [2.75, 3.05) is 18.0 Å². The number of rotatable bonds is 7. The molecule has 0 atom stereocenters. The SMILES string of the molecule is CC(C)Cc1ccc2c(N(Cc3ccc(Br)cc3)C3CCN(C(C)C)CC3)ncnc2c1. The van der Waals surface area contributed by atoms with Crippen LogP contribution >= 0.6 is 15.9 Å². The highest BCUT2D eigenvalue weighted by Gasteiger charge is 2.28. The Morgan fingerprint density at radius 3 is 2.31 bits per heavy atom. The van der Waals surface area contributed by atoms with Gasteiger partial charge in [-0.3, -0.25) is 0 Å². The van der Waals surface area contributed by atoms with Crippen molar-refractivity contribution in [1.29, 1.82) is 0 Å². The molecule has 1 aromatic heterocycles. The van der Waals surface area contributed by atoms with Crippen LogP contribution in [-0.4, -0.2) is 40.0 Å². The van der Waals surface area contributed by atoms with E-state index in [1.165, 1.54) is 11.1 Å². The number of hydrogen-bond acceptors (Lipinski definition) is 4. The molecule has 1 saturated heterocycles. The zero-order chi connectivity index (χ0) is 22.7. The molecule has 1 aliphatic rings. The first-order valence-electron chi connectivity index (χ1n) is 11.9. The van der Waals surface area contributed by atoms with Crippen molar-refractivity contribution in [2.45, 2.75) is 65.6 Å². The molecule has 0 unspecified atom stereocenters. The van der Waals surface area contributed by atoms with E-state index in [1.54, 1.807) is 6.33 Å². The largest absolute Gasteiger partial charge is 0.349 e. The minimum absolute atomic E-state index is 0.474. The predicted molar refractivity (Wildman–Crippen MR) is 138 cm³/mol. The fraction of sp³-hybridized carbons (Fsp3) is 0.481. The van der Waals surface area contributed by atoms with E-state index in [4.69, 9.17) is 4.98 Å². The third kappa shape index (κ3) is 5.49. The highest BCUT2D eigenvalue weighted by molar-refractivity contribution is 9.10. The van der Waals surface area contributed by atoms with Gasteiger partial charge in [-0.05, 0) is 74.4 Å². The van der Waals surface area contributed by atoms with E-state index in [0.717, 1.165) is 60.1 Å². The van der Waals surface area contributed by atoms with Crippen LogP contribution in [0, 0.1) is 5.92 Å². The maximum atomic E-state index is 4.83. The molecule has 170 valence electrons. The maximum Gasteiger partial charge on any atom is 0.140 e. The molecule has 32 heavy (non-hydrogen) atoms. The predicted octanol–water partition coefficient (Wildman–Crippen LogP) is 6.47. The van der Waals surface area contributed by atoms with Gasteiger partial charge in [0.15, 0.2) is 0 Å². The molecule has 4 rings (SSSR count). The number of aromatic nitrogens is 2. The van der Waals surface area contributed by atoms with Gasteiger partial charge >= 0.3 is 0 Å². The molecular formula is C27H35BrN4. The Morgan fingerprint density at radius 2 is 1.66 bits per heavy atom. The molecule has 0 spiro atoms. The summed E-state index contributed by atoms with van der Waals surface area (Å²) < 4.78 is 1.11. The van der Waals surface area contributed by atoms with Crippen LogP contribution in [0.3, 0.4) is 0 Å². The van der Waals surface area contributed by atoms with E-state index in [-0.39, 0.29) is 0 Å². The lowest BCUT2D eigenvalue weighted by Crippen LogP contribution is -2.47.